The molecule has 68 valence electrons. The number of carbonyl (C=O) groups excluding carboxylic acids is 1. The second kappa shape index (κ2) is 2.76. The summed E-state index contributed by atoms with van der Waals surface area (Å²) in [5.41, 5.74) is 8.46. The van der Waals surface area contributed by atoms with Crippen molar-refractivity contribution in [2.24, 2.45) is 0 Å². The molecule has 0 spiro atoms. The second-order valence-electron chi connectivity index (χ2n) is 3.36. The Kier molecular flexibility index (Phi) is 1.72. The lowest BCUT2D eigenvalue weighted by Gasteiger charge is -2.31. The molecule has 2 rings (SSSR count). The normalized spacial score (nSPS) is 15.8. The Morgan fingerprint density at radius 2 is 2.23 bits per heavy atom. The van der Waals surface area contributed by atoms with Gasteiger partial charge in [0, 0.05) is 13.0 Å². The number of hydrogen-bond acceptors (Lipinski definition) is 2. The molecule has 1 aromatic rings. The molecule has 3 heteroatoms. The minimum atomic E-state index is 0.163. The predicted octanol–water partition coefficient (Wildman–Crippen LogP) is 1.31. The highest BCUT2D eigenvalue weighted by Crippen LogP contribution is 2.28. The summed E-state index contributed by atoms with van der Waals surface area (Å²) in [6, 6.07) is 5.76. The van der Waals surface area contributed by atoms with Gasteiger partial charge in [-0.25, -0.2) is 0 Å². The second-order valence-corrected chi connectivity index (χ2v) is 3.36. The van der Waals surface area contributed by atoms with Gasteiger partial charge >= 0.3 is 0 Å². The van der Waals surface area contributed by atoms with Gasteiger partial charge in [-0.05, 0) is 24.6 Å². The predicted molar refractivity (Wildman–Crippen MR) is 52.6 cm³/mol. The minimum Gasteiger partial charge on any atom is -0.397 e. The summed E-state index contributed by atoms with van der Waals surface area (Å²) in [4.78, 5) is 12.9. The summed E-state index contributed by atoms with van der Waals surface area (Å²) in [6.45, 7) is 2.78. The third-order valence-corrected chi connectivity index (χ3v) is 2.32. The maximum atomic E-state index is 11.1. The number of β-lactam (4-membered cyclic amide) rings is 1. The molecule has 1 heterocycles. The van der Waals surface area contributed by atoms with Gasteiger partial charge in [0.05, 0.1) is 11.4 Å². The zero-order chi connectivity index (χ0) is 9.42. The molecule has 1 aliphatic heterocycles. The third-order valence-electron chi connectivity index (χ3n) is 2.32. The molecular formula is C10H12N2O. The van der Waals surface area contributed by atoms with Crippen LogP contribution in [-0.4, -0.2) is 12.5 Å². The van der Waals surface area contributed by atoms with Crippen molar-refractivity contribution in [3.63, 3.8) is 0 Å². The smallest absolute Gasteiger partial charge is 0.228 e. The molecular weight excluding hydrogens is 164 g/mol. The zero-order valence-electron chi connectivity index (χ0n) is 7.58. The Labute approximate surface area is 77.1 Å². The van der Waals surface area contributed by atoms with Crippen molar-refractivity contribution in [1.29, 1.82) is 0 Å². The van der Waals surface area contributed by atoms with Gasteiger partial charge in [-0.3, -0.25) is 4.79 Å². The average Bonchev–Trinajstić information content (AvgIpc) is 2.07. The molecule has 3 nitrogen and oxygen atoms in total. The molecule has 1 aromatic carbocycles. The van der Waals surface area contributed by atoms with E-state index in [2.05, 4.69) is 0 Å². The van der Waals surface area contributed by atoms with Crippen LogP contribution in [0, 0.1) is 6.92 Å². The summed E-state index contributed by atoms with van der Waals surface area (Å²) >= 11 is 0. The molecule has 0 bridgehead atoms. The number of rotatable bonds is 1. The fraction of sp³-hybridized carbons (Fsp3) is 0.300. The van der Waals surface area contributed by atoms with Crippen LogP contribution in [0.3, 0.4) is 0 Å². The van der Waals surface area contributed by atoms with Crippen molar-refractivity contribution in [3.05, 3.63) is 23.8 Å². The van der Waals surface area contributed by atoms with Gasteiger partial charge < -0.3 is 10.6 Å². The largest absolute Gasteiger partial charge is 0.397 e. The van der Waals surface area contributed by atoms with E-state index in [0.29, 0.717) is 12.1 Å². The topological polar surface area (TPSA) is 46.3 Å². The standard InChI is InChI=1S/C10H12N2O/c1-7-2-3-9(8(11)6-7)12-5-4-10(12)13/h2-3,6H,4-5,11H2,1H3. The van der Waals surface area contributed by atoms with E-state index in [4.69, 9.17) is 5.73 Å². The van der Waals surface area contributed by atoms with E-state index in [1.54, 1.807) is 4.90 Å². The highest BCUT2D eigenvalue weighted by Gasteiger charge is 2.26. The van der Waals surface area contributed by atoms with Crippen molar-refractivity contribution >= 4 is 17.3 Å². The van der Waals surface area contributed by atoms with Crippen molar-refractivity contribution in [3.8, 4) is 0 Å². The maximum Gasteiger partial charge on any atom is 0.228 e. The Morgan fingerprint density at radius 3 is 2.69 bits per heavy atom. The number of anilines is 2. The summed E-state index contributed by atoms with van der Waals surface area (Å²) in [5.74, 6) is 0.163. The molecule has 0 saturated carbocycles. The van der Waals surface area contributed by atoms with Gasteiger partial charge in [0.15, 0.2) is 0 Å². The first-order valence-electron chi connectivity index (χ1n) is 4.35. The molecule has 1 saturated heterocycles. The van der Waals surface area contributed by atoms with Gasteiger partial charge in [0.1, 0.15) is 0 Å². The first-order valence-corrected chi connectivity index (χ1v) is 4.35. The Balaban J connectivity index is 2.35. The van der Waals surface area contributed by atoms with Crippen LogP contribution in [0.25, 0.3) is 0 Å². The summed E-state index contributed by atoms with van der Waals surface area (Å²) in [7, 11) is 0. The highest BCUT2D eigenvalue weighted by atomic mass is 16.2. The first-order chi connectivity index (χ1) is 6.18. The molecule has 1 aliphatic rings. The fourth-order valence-electron chi connectivity index (χ4n) is 1.49. The molecule has 1 fully saturated rings. The Bertz CT molecular complexity index is 360. The van der Waals surface area contributed by atoms with E-state index < -0.39 is 0 Å². The molecule has 0 aromatic heterocycles. The van der Waals surface area contributed by atoms with Gasteiger partial charge in [0.25, 0.3) is 0 Å². The Hall–Kier alpha value is -1.51. The van der Waals surface area contributed by atoms with Crippen molar-refractivity contribution in [2.75, 3.05) is 17.2 Å². The van der Waals surface area contributed by atoms with E-state index >= 15 is 0 Å². The summed E-state index contributed by atoms with van der Waals surface area (Å²) in [5, 5.41) is 0. The monoisotopic (exact) mass is 176 g/mol. The zero-order valence-corrected chi connectivity index (χ0v) is 7.58. The van der Waals surface area contributed by atoms with Crippen LogP contribution < -0.4 is 10.6 Å². The lowest BCUT2D eigenvalue weighted by atomic mass is 10.1. The maximum absolute atomic E-state index is 11.1. The number of amides is 1. The van der Waals surface area contributed by atoms with E-state index in [9.17, 15) is 4.79 Å². The van der Waals surface area contributed by atoms with E-state index in [1.165, 1.54) is 0 Å². The van der Waals surface area contributed by atoms with Crippen LogP contribution in [0.4, 0.5) is 11.4 Å². The number of benzene rings is 1. The number of nitrogens with two attached hydrogens (primary N) is 1. The van der Waals surface area contributed by atoms with Crippen LogP contribution in [0.15, 0.2) is 18.2 Å². The van der Waals surface area contributed by atoms with Crippen LogP contribution in [0.5, 0.6) is 0 Å². The lowest BCUT2D eigenvalue weighted by molar-refractivity contribution is -0.122. The van der Waals surface area contributed by atoms with E-state index in [1.807, 2.05) is 25.1 Å². The molecule has 0 atom stereocenters. The number of carbonyl (C=O) groups is 1. The van der Waals surface area contributed by atoms with Gasteiger partial charge in [-0.1, -0.05) is 6.07 Å². The molecule has 1 amide bonds. The van der Waals surface area contributed by atoms with Crippen LogP contribution >= 0.6 is 0 Å². The molecule has 0 unspecified atom stereocenters. The lowest BCUT2D eigenvalue weighted by Crippen LogP contribution is -2.43. The van der Waals surface area contributed by atoms with Crippen molar-refractivity contribution in [2.45, 2.75) is 13.3 Å². The van der Waals surface area contributed by atoms with Crippen LogP contribution in [0.2, 0.25) is 0 Å². The van der Waals surface area contributed by atoms with Crippen molar-refractivity contribution in [1.82, 2.24) is 0 Å². The van der Waals surface area contributed by atoms with E-state index in [-0.39, 0.29) is 5.91 Å². The number of hydrogen-bond donors (Lipinski definition) is 1. The van der Waals surface area contributed by atoms with Gasteiger partial charge in [-0.2, -0.15) is 0 Å². The molecule has 0 radical (unpaired) electrons. The first kappa shape index (κ1) is 8.10. The summed E-state index contributed by atoms with van der Waals surface area (Å²) in [6.07, 6.45) is 0.646. The number of aryl methyl sites for hydroxylation is 1. The van der Waals surface area contributed by atoms with Crippen LogP contribution in [-0.2, 0) is 4.79 Å². The number of nitrogen functional groups attached to an aromatic ring is 1. The summed E-state index contributed by atoms with van der Waals surface area (Å²) < 4.78 is 0. The highest BCUT2D eigenvalue weighted by molar-refractivity contribution is 6.01. The molecule has 2 N–H and O–H groups in total. The van der Waals surface area contributed by atoms with E-state index in [0.717, 1.165) is 17.8 Å². The van der Waals surface area contributed by atoms with Gasteiger partial charge in [0.2, 0.25) is 5.91 Å². The quantitative estimate of drug-likeness (QED) is 0.518. The number of nitrogens with zero attached hydrogens (tertiary/aromatic N) is 1. The fourth-order valence-corrected chi connectivity index (χ4v) is 1.49. The third kappa shape index (κ3) is 1.26. The Morgan fingerprint density at radius 1 is 1.46 bits per heavy atom. The minimum absolute atomic E-state index is 0.163. The SMILES string of the molecule is Cc1ccc(N2CCC2=O)c(N)c1. The van der Waals surface area contributed by atoms with Gasteiger partial charge in [-0.15, -0.1) is 0 Å². The molecule has 13 heavy (non-hydrogen) atoms. The van der Waals surface area contributed by atoms with Crippen molar-refractivity contribution < 1.29 is 4.79 Å². The van der Waals surface area contributed by atoms with Crippen LogP contribution in [0.1, 0.15) is 12.0 Å². The average molecular weight is 176 g/mol. The molecule has 0 aliphatic carbocycles.